The molecule has 6 nitrogen and oxygen atoms in total. The van der Waals surface area contributed by atoms with Crippen molar-refractivity contribution in [1.29, 1.82) is 0 Å². The number of hydrogen-bond acceptors (Lipinski definition) is 4. The number of rotatable bonds is 5. The highest BCUT2D eigenvalue weighted by Gasteiger charge is 2.35. The van der Waals surface area contributed by atoms with Crippen LogP contribution in [-0.2, 0) is 14.8 Å². The second-order valence-electron chi connectivity index (χ2n) is 4.92. The van der Waals surface area contributed by atoms with Crippen molar-refractivity contribution in [3.8, 4) is 0 Å². The van der Waals surface area contributed by atoms with Gasteiger partial charge in [-0.05, 0) is 19.8 Å². The third kappa shape index (κ3) is 3.34. The van der Waals surface area contributed by atoms with Gasteiger partial charge in [0.25, 0.3) is 0 Å². The van der Waals surface area contributed by atoms with Crippen LogP contribution in [0.25, 0.3) is 0 Å². The standard InChI is InChI=1S/C12H21N3O3S/c1-10(18-2)9-19(16,17)15-8-4-3-5-11(15)12-13-6-7-14-12/h6-7,10-11H,3-5,8-9H2,1-2H3,(H,13,14)/t10-,11+/m1/s1. The number of aromatic nitrogens is 2. The van der Waals surface area contributed by atoms with Crippen molar-refractivity contribution in [2.45, 2.75) is 38.3 Å². The van der Waals surface area contributed by atoms with Crippen LogP contribution in [0.1, 0.15) is 38.1 Å². The molecule has 0 amide bonds. The lowest BCUT2D eigenvalue weighted by Crippen LogP contribution is -2.42. The van der Waals surface area contributed by atoms with E-state index in [9.17, 15) is 8.42 Å². The van der Waals surface area contributed by atoms with Crippen LogP contribution < -0.4 is 0 Å². The van der Waals surface area contributed by atoms with E-state index in [0.717, 1.165) is 25.1 Å². The van der Waals surface area contributed by atoms with Gasteiger partial charge in [-0.25, -0.2) is 13.4 Å². The average molecular weight is 287 g/mol. The Balaban J connectivity index is 2.20. The van der Waals surface area contributed by atoms with Crippen LogP contribution in [0.2, 0.25) is 0 Å². The monoisotopic (exact) mass is 287 g/mol. The fourth-order valence-electron chi connectivity index (χ4n) is 2.43. The van der Waals surface area contributed by atoms with E-state index in [4.69, 9.17) is 4.74 Å². The Labute approximate surface area is 114 Å². The molecule has 0 bridgehead atoms. The average Bonchev–Trinajstić information content (AvgIpc) is 2.92. The van der Waals surface area contributed by atoms with Crippen molar-refractivity contribution in [3.05, 3.63) is 18.2 Å². The smallest absolute Gasteiger partial charge is 0.217 e. The summed E-state index contributed by atoms with van der Waals surface area (Å²) in [5.74, 6) is 0.745. The third-order valence-electron chi connectivity index (χ3n) is 3.49. The molecule has 0 aromatic carbocycles. The molecule has 2 heterocycles. The van der Waals surface area contributed by atoms with Crippen molar-refractivity contribution < 1.29 is 13.2 Å². The Morgan fingerprint density at radius 1 is 1.58 bits per heavy atom. The maximum absolute atomic E-state index is 12.5. The first-order valence-electron chi connectivity index (χ1n) is 6.56. The minimum absolute atomic E-state index is 0.0146. The molecular formula is C12H21N3O3S. The van der Waals surface area contributed by atoms with Crippen molar-refractivity contribution in [2.75, 3.05) is 19.4 Å². The second kappa shape index (κ2) is 6.02. The predicted molar refractivity (Wildman–Crippen MR) is 72.1 cm³/mol. The van der Waals surface area contributed by atoms with Crippen molar-refractivity contribution >= 4 is 10.0 Å². The lowest BCUT2D eigenvalue weighted by atomic mass is 10.0. The molecule has 1 aliphatic rings. The number of piperidine rings is 1. The molecule has 1 saturated heterocycles. The van der Waals surface area contributed by atoms with Gasteiger partial charge < -0.3 is 9.72 Å². The summed E-state index contributed by atoms with van der Waals surface area (Å²) in [5, 5.41) is 0. The molecule has 1 aromatic rings. The van der Waals surface area contributed by atoms with E-state index in [1.165, 1.54) is 7.11 Å². The van der Waals surface area contributed by atoms with E-state index in [1.54, 1.807) is 23.6 Å². The second-order valence-corrected chi connectivity index (χ2v) is 6.89. The fourth-order valence-corrected chi connectivity index (χ4v) is 4.35. The molecule has 0 radical (unpaired) electrons. The van der Waals surface area contributed by atoms with Gasteiger partial charge in [0.1, 0.15) is 5.82 Å². The van der Waals surface area contributed by atoms with Crippen LogP contribution in [0.3, 0.4) is 0 Å². The predicted octanol–water partition coefficient (Wildman–Crippen LogP) is 1.30. The summed E-state index contributed by atoms with van der Waals surface area (Å²) in [5.41, 5.74) is 0. The van der Waals surface area contributed by atoms with E-state index >= 15 is 0 Å². The van der Waals surface area contributed by atoms with E-state index in [2.05, 4.69) is 9.97 Å². The van der Waals surface area contributed by atoms with Gasteiger partial charge >= 0.3 is 0 Å². The Morgan fingerprint density at radius 3 is 3.00 bits per heavy atom. The summed E-state index contributed by atoms with van der Waals surface area (Å²) >= 11 is 0. The SMILES string of the molecule is CO[C@H](C)CS(=O)(=O)N1CCCC[C@H]1c1ncc[nH]1. The number of sulfonamides is 1. The lowest BCUT2D eigenvalue weighted by molar-refractivity contribution is 0.133. The van der Waals surface area contributed by atoms with Gasteiger partial charge in [0.05, 0.1) is 17.9 Å². The summed E-state index contributed by atoms with van der Waals surface area (Å²) in [6.07, 6.45) is 5.83. The van der Waals surface area contributed by atoms with Crippen LogP contribution in [-0.4, -0.2) is 48.2 Å². The summed E-state index contributed by atoms with van der Waals surface area (Å²) in [4.78, 5) is 7.24. The number of nitrogens with one attached hydrogen (secondary N) is 1. The van der Waals surface area contributed by atoms with Crippen LogP contribution in [0.4, 0.5) is 0 Å². The first-order valence-corrected chi connectivity index (χ1v) is 8.17. The zero-order valence-electron chi connectivity index (χ0n) is 11.4. The number of aromatic amines is 1. The largest absolute Gasteiger partial charge is 0.381 e. The molecule has 7 heteroatoms. The molecule has 108 valence electrons. The summed E-state index contributed by atoms with van der Waals surface area (Å²) in [6, 6.07) is -0.169. The molecule has 0 spiro atoms. The number of hydrogen-bond donors (Lipinski definition) is 1. The summed E-state index contributed by atoms with van der Waals surface area (Å²) in [6.45, 7) is 2.33. The van der Waals surface area contributed by atoms with Crippen molar-refractivity contribution in [1.82, 2.24) is 14.3 Å². The Hall–Kier alpha value is -0.920. The number of imidazole rings is 1. The van der Waals surface area contributed by atoms with Gasteiger partial charge in [-0.3, -0.25) is 0 Å². The van der Waals surface area contributed by atoms with Gasteiger partial charge in [-0.1, -0.05) is 6.42 Å². The molecule has 0 aliphatic carbocycles. The van der Waals surface area contributed by atoms with E-state index < -0.39 is 10.0 Å². The number of H-pyrrole nitrogens is 1. The van der Waals surface area contributed by atoms with Gasteiger partial charge in [0.2, 0.25) is 10.0 Å². The van der Waals surface area contributed by atoms with E-state index in [0.29, 0.717) is 6.54 Å². The molecule has 2 atom stereocenters. The first kappa shape index (κ1) is 14.5. The first-order chi connectivity index (χ1) is 9.04. The number of ether oxygens (including phenoxy) is 1. The summed E-state index contributed by atoms with van der Waals surface area (Å²) < 4.78 is 31.6. The normalized spacial score (nSPS) is 23.4. The lowest BCUT2D eigenvalue weighted by Gasteiger charge is -2.34. The van der Waals surface area contributed by atoms with E-state index in [-0.39, 0.29) is 17.9 Å². The van der Waals surface area contributed by atoms with Crippen LogP contribution in [0.15, 0.2) is 12.4 Å². The highest BCUT2D eigenvalue weighted by atomic mass is 32.2. The maximum atomic E-state index is 12.5. The quantitative estimate of drug-likeness (QED) is 0.885. The minimum Gasteiger partial charge on any atom is -0.381 e. The zero-order valence-corrected chi connectivity index (χ0v) is 12.2. The molecule has 1 aliphatic heterocycles. The Kier molecular flexibility index (Phi) is 4.59. The summed E-state index contributed by atoms with van der Waals surface area (Å²) in [7, 11) is -1.79. The highest BCUT2D eigenvalue weighted by molar-refractivity contribution is 7.89. The minimum atomic E-state index is -3.32. The molecule has 2 rings (SSSR count). The molecule has 1 aromatic heterocycles. The van der Waals surface area contributed by atoms with Crippen LogP contribution in [0, 0.1) is 0 Å². The number of methoxy groups -OCH3 is 1. The van der Waals surface area contributed by atoms with Gasteiger partial charge in [-0.2, -0.15) is 4.31 Å². The molecule has 1 N–H and O–H groups in total. The van der Waals surface area contributed by atoms with Gasteiger partial charge in [0, 0.05) is 26.0 Å². The highest BCUT2D eigenvalue weighted by Crippen LogP contribution is 2.31. The van der Waals surface area contributed by atoms with Gasteiger partial charge in [-0.15, -0.1) is 0 Å². The molecule has 19 heavy (non-hydrogen) atoms. The van der Waals surface area contributed by atoms with Crippen LogP contribution in [0.5, 0.6) is 0 Å². The number of nitrogens with zero attached hydrogens (tertiary/aromatic N) is 2. The Morgan fingerprint density at radius 2 is 2.37 bits per heavy atom. The Bertz CT molecular complexity index is 486. The van der Waals surface area contributed by atoms with Crippen molar-refractivity contribution in [2.24, 2.45) is 0 Å². The van der Waals surface area contributed by atoms with E-state index in [1.807, 2.05) is 0 Å². The van der Waals surface area contributed by atoms with Crippen molar-refractivity contribution in [3.63, 3.8) is 0 Å². The topological polar surface area (TPSA) is 75.3 Å². The molecular weight excluding hydrogens is 266 g/mol. The third-order valence-corrected chi connectivity index (χ3v) is 5.54. The zero-order chi connectivity index (χ0) is 13.9. The molecule has 0 saturated carbocycles. The molecule has 0 unspecified atom stereocenters. The maximum Gasteiger partial charge on any atom is 0.217 e. The van der Waals surface area contributed by atoms with Gasteiger partial charge in [0.15, 0.2) is 0 Å². The van der Waals surface area contributed by atoms with Crippen LogP contribution >= 0.6 is 0 Å². The fraction of sp³-hybridized carbons (Fsp3) is 0.750. The molecule has 1 fully saturated rings.